The largest absolute Gasteiger partial charge is 0.389 e. The number of rotatable bonds is 3. The number of aliphatic hydroxyl groups excluding tert-OH is 1. The van der Waals surface area contributed by atoms with E-state index in [9.17, 15) is 10.1 Å². The van der Waals surface area contributed by atoms with E-state index in [0.717, 1.165) is 5.56 Å². The van der Waals surface area contributed by atoms with Gasteiger partial charge in [0.05, 0.1) is 11.0 Å². The third-order valence-electron chi connectivity index (χ3n) is 1.67. The highest BCUT2D eigenvalue weighted by molar-refractivity contribution is 5.52. The summed E-state index contributed by atoms with van der Waals surface area (Å²) in [6.45, 7) is 1.64. The van der Waals surface area contributed by atoms with Gasteiger partial charge in [0.1, 0.15) is 0 Å². The van der Waals surface area contributed by atoms with Crippen molar-refractivity contribution in [3.8, 4) is 0 Å². The molecule has 0 aromatic heterocycles. The number of nitrogens with zero attached hydrogens (tertiary/aromatic N) is 1. The highest BCUT2D eigenvalue weighted by Crippen LogP contribution is 2.12. The number of nitro groups is 1. The van der Waals surface area contributed by atoms with E-state index in [-0.39, 0.29) is 5.69 Å². The molecule has 0 aliphatic carbocycles. The second kappa shape index (κ2) is 4.53. The van der Waals surface area contributed by atoms with Crippen LogP contribution in [-0.2, 0) is 0 Å². The molecular formula is C10H11NO3. The summed E-state index contributed by atoms with van der Waals surface area (Å²) >= 11 is 0. The van der Waals surface area contributed by atoms with Crippen molar-refractivity contribution in [1.82, 2.24) is 0 Å². The number of non-ortho nitro benzene ring substituents is 1. The predicted octanol–water partition coefficient (Wildman–Crippen LogP) is 1.99. The second-order valence-electron chi connectivity index (χ2n) is 2.95. The maximum Gasteiger partial charge on any atom is 0.269 e. The molecule has 1 aromatic carbocycles. The maximum atomic E-state index is 10.3. The predicted molar refractivity (Wildman–Crippen MR) is 53.8 cm³/mol. The van der Waals surface area contributed by atoms with Gasteiger partial charge in [0.2, 0.25) is 0 Å². The monoisotopic (exact) mass is 193 g/mol. The van der Waals surface area contributed by atoms with Gasteiger partial charge in [0, 0.05) is 12.1 Å². The molecule has 1 N–H and O–H groups in total. The van der Waals surface area contributed by atoms with E-state index in [1.807, 2.05) is 0 Å². The minimum Gasteiger partial charge on any atom is -0.389 e. The molecule has 1 unspecified atom stereocenters. The van der Waals surface area contributed by atoms with E-state index in [0.29, 0.717) is 0 Å². The molecular weight excluding hydrogens is 182 g/mol. The lowest BCUT2D eigenvalue weighted by Gasteiger charge is -1.95. The van der Waals surface area contributed by atoms with Gasteiger partial charge in [-0.25, -0.2) is 0 Å². The van der Waals surface area contributed by atoms with Crippen LogP contribution in [0.1, 0.15) is 12.5 Å². The van der Waals surface area contributed by atoms with Crippen LogP contribution in [-0.4, -0.2) is 16.1 Å². The summed E-state index contributed by atoms with van der Waals surface area (Å²) in [6, 6.07) is 6.14. The molecule has 0 aliphatic rings. The zero-order valence-electron chi connectivity index (χ0n) is 7.75. The van der Waals surface area contributed by atoms with Gasteiger partial charge in [-0.1, -0.05) is 12.2 Å². The van der Waals surface area contributed by atoms with E-state index in [4.69, 9.17) is 5.11 Å². The molecule has 0 saturated heterocycles. The topological polar surface area (TPSA) is 63.4 Å². The SMILES string of the molecule is CC(O)/C=C/c1ccc([N+](=O)[O-])cc1. The van der Waals surface area contributed by atoms with Gasteiger partial charge in [-0.05, 0) is 24.6 Å². The Labute approximate surface area is 81.6 Å². The van der Waals surface area contributed by atoms with Crippen molar-refractivity contribution in [2.75, 3.05) is 0 Å². The molecule has 0 fully saturated rings. The number of hydrogen-bond acceptors (Lipinski definition) is 3. The van der Waals surface area contributed by atoms with Crippen molar-refractivity contribution < 1.29 is 10.0 Å². The standard InChI is InChI=1S/C10H11NO3/c1-8(12)2-3-9-4-6-10(7-5-9)11(13)14/h2-8,12H,1H3/b3-2+. The average Bonchev–Trinajstić information content (AvgIpc) is 2.15. The number of hydrogen-bond donors (Lipinski definition) is 1. The Morgan fingerprint density at radius 2 is 2.00 bits per heavy atom. The Hall–Kier alpha value is -1.68. The lowest BCUT2D eigenvalue weighted by atomic mass is 10.2. The first-order chi connectivity index (χ1) is 6.59. The van der Waals surface area contributed by atoms with Crippen LogP contribution in [0, 0.1) is 10.1 Å². The molecule has 0 radical (unpaired) electrons. The highest BCUT2D eigenvalue weighted by atomic mass is 16.6. The minimum absolute atomic E-state index is 0.0687. The van der Waals surface area contributed by atoms with Crippen LogP contribution in [0.2, 0.25) is 0 Å². The summed E-state index contributed by atoms with van der Waals surface area (Å²) in [5.41, 5.74) is 0.899. The van der Waals surface area contributed by atoms with Gasteiger partial charge in [-0.3, -0.25) is 10.1 Å². The second-order valence-corrected chi connectivity index (χ2v) is 2.95. The Balaban J connectivity index is 2.78. The molecule has 0 amide bonds. The molecule has 1 rings (SSSR count). The fraction of sp³-hybridized carbons (Fsp3) is 0.200. The maximum absolute atomic E-state index is 10.3. The molecule has 1 atom stereocenters. The lowest BCUT2D eigenvalue weighted by molar-refractivity contribution is -0.384. The lowest BCUT2D eigenvalue weighted by Crippen LogP contribution is -1.91. The van der Waals surface area contributed by atoms with E-state index in [1.54, 1.807) is 31.2 Å². The zero-order chi connectivity index (χ0) is 10.6. The average molecular weight is 193 g/mol. The molecule has 74 valence electrons. The Morgan fingerprint density at radius 1 is 1.43 bits per heavy atom. The zero-order valence-corrected chi connectivity index (χ0v) is 7.75. The van der Waals surface area contributed by atoms with Crippen LogP contribution < -0.4 is 0 Å². The third-order valence-corrected chi connectivity index (χ3v) is 1.67. The van der Waals surface area contributed by atoms with Gasteiger partial charge in [-0.15, -0.1) is 0 Å². The first-order valence-electron chi connectivity index (χ1n) is 4.20. The Kier molecular flexibility index (Phi) is 3.36. The van der Waals surface area contributed by atoms with Gasteiger partial charge < -0.3 is 5.11 Å². The van der Waals surface area contributed by atoms with Crippen LogP contribution in [0.5, 0.6) is 0 Å². The first-order valence-corrected chi connectivity index (χ1v) is 4.20. The third kappa shape index (κ3) is 2.99. The van der Waals surface area contributed by atoms with E-state index in [2.05, 4.69) is 0 Å². The van der Waals surface area contributed by atoms with Crippen molar-refractivity contribution in [1.29, 1.82) is 0 Å². The van der Waals surface area contributed by atoms with E-state index < -0.39 is 11.0 Å². The molecule has 14 heavy (non-hydrogen) atoms. The summed E-state index contributed by atoms with van der Waals surface area (Å²) in [4.78, 5) is 9.88. The molecule has 1 aromatic rings. The molecule has 0 spiro atoms. The number of benzene rings is 1. The Morgan fingerprint density at radius 3 is 2.43 bits per heavy atom. The quantitative estimate of drug-likeness (QED) is 0.589. The van der Waals surface area contributed by atoms with E-state index >= 15 is 0 Å². The summed E-state index contributed by atoms with van der Waals surface area (Å²) in [6.07, 6.45) is 2.82. The molecule has 0 aliphatic heterocycles. The highest BCUT2D eigenvalue weighted by Gasteiger charge is 2.01. The number of aliphatic hydroxyl groups is 1. The van der Waals surface area contributed by atoms with Gasteiger partial charge in [0.15, 0.2) is 0 Å². The summed E-state index contributed by atoms with van der Waals surface area (Å²) < 4.78 is 0. The van der Waals surface area contributed by atoms with Crippen LogP contribution in [0.4, 0.5) is 5.69 Å². The van der Waals surface area contributed by atoms with Crippen LogP contribution in [0.25, 0.3) is 6.08 Å². The summed E-state index contributed by atoms with van der Waals surface area (Å²) in [7, 11) is 0. The first kappa shape index (κ1) is 10.4. The number of nitro benzene ring substituents is 1. The van der Waals surface area contributed by atoms with Crippen molar-refractivity contribution in [2.45, 2.75) is 13.0 Å². The van der Waals surface area contributed by atoms with Gasteiger partial charge in [0.25, 0.3) is 5.69 Å². The molecule has 0 heterocycles. The van der Waals surface area contributed by atoms with E-state index in [1.165, 1.54) is 12.1 Å². The minimum atomic E-state index is -0.509. The molecule has 4 heteroatoms. The fourth-order valence-corrected chi connectivity index (χ4v) is 0.958. The molecule has 0 saturated carbocycles. The van der Waals surface area contributed by atoms with Gasteiger partial charge >= 0.3 is 0 Å². The van der Waals surface area contributed by atoms with Crippen LogP contribution in [0.15, 0.2) is 30.3 Å². The fourth-order valence-electron chi connectivity index (χ4n) is 0.958. The van der Waals surface area contributed by atoms with Crippen molar-refractivity contribution in [3.63, 3.8) is 0 Å². The van der Waals surface area contributed by atoms with Crippen LogP contribution in [0.3, 0.4) is 0 Å². The smallest absolute Gasteiger partial charge is 0.269 e. The van der Waals surface area contributed by atoms with Crippen LogP contribution >= 0.6 is 0 Å². The Bertz CT molecular complexity index is 341. The normalized spacial score (nSPS) is 13.0. The molecule has 4 nitrogen and oxygen atoms in total. The molecule has 0 bridgehead atoms. The van der Waals surface area contributed by atoms with Crippen molar-refractivity contribution in [3.05, 3.63) is 46.0 Å². The van der Waals surface area contributed by atoms with Gasteiger partial charge in [-0.2, -0.15) is 0 Å². The van der Waals surface area contributed by atoms with Crippen molar-refractivity contribution >= 4 is 11.8 Å². The summed E-state index contributed by atoms with van der Waals surface area (Å²) in [5.74, 6) is 0. The summed E-state index contributed by atoms with van der Waals surface area (Å²) in [5, 5.41) is 19.3. The van der Waals surface area contributed by atoms with Crippen molar-refractivity contribution in [2.24, 2.45) is 0 Å².